The molecule has 0 saturated carbocycles. The molecule has 1 aromatic rings. The number of hydrogen-bond acceptors (Lipinski definition) is 3. The first-order valence-corrected chi connectivity index (χ1v) is 7.70. The fourth-order valence-corrected chi connectivity index (χ4v) is 3.26. The number of hydrogen-bond donors (Lipinski definition) is 1. The van der Waals surface area contributed by atoms with Crippen LogP contribution >= 0.6 is 11.8 Å². The second-order valence-electron chi connectivity index (χ2n) is 5.93. The maximum absolute atomic E-state index is 4.39. The van der Waals surface area contributed by atoms with E-state index in [-0.39, 0.29) is 5.41 Å². The molecular weight excluding hydrogens is 242 g/mol. The van der Waals surface area contributed by atoms with Gasteiger partial charge in [-0.05, 0) is 31.4 Å². The lowest BCUT2D eigenvalue weighted by Gasteiger charge is -2.31. The lowest BCUT2D eigenvalue weighted by molar-refractivity contribution is 0.291. The van der Waals surface area contributed by atoms with Gasteiger partial charge in [-0.2, -0.15) is 5.10 Å². The van der Waals surface area contributed by atoms with E-state index in [0.717, 1.165) is 18.0 Å². The maximum Gasteiger partial charge on any atom is 0.0939 e. The summed E-state index contributed by atoms with van der Waals surface area (Å²) in [6.07, 6.45) is 1.18. The van der Waals surface area contributed by atoms with Gasteiger partial charge in [0.1, 0.15) is 0 Å². The number of aryl methyl sites for hydroxylation is 2. The van der Waals surface area contributed by atoms with Crippen LogP contribution in [0.2, 0.25) is 0 Å². The molecule has 0 spiro atoms. The van der Waals surface area contributed by atoms with Crippen LogP contribution in [0, 0.1) is 12.3 Å². The topological polar surface area (TPSA) is 29.9 Å². The van der Waals surface area contributed by atoms with E-state index in [1.807, 2.05) is 30.4 Å². The molecule has 0 aliphatic rings. The van der Waals surface area contributed by atoms with Gasteiger partial charge >= 0.3 is 0 Å². The predicted octanol–water partition coefficient (Wildman–Crippen LogP) is 3.23. The molecule has 1 atom stereocenters. The van der Waals surface area contributed by atoms with Crippen molar-refractivity contribution in [1.29, 1.82) is 0 Å². The zero-order chi connectivity index (χ0) is 13.8. The molecule has 1 aromatic heterocycles. The molecule has 0 radical (unpaired) electrons. The molecule has 0 bridgehead atoms. The summed E-state index contributed by atoms with van der Waals surface area (Å²) in [6, 6.07) is 2.68. The highest BCUT2D eigenvalue weighted by atomic mass is 32.2. The summed E-state index contributed by atoms with van der Waals surface area (Å²) in [4.78, 5) is 0. The van der Waals surface area contributed by atoms with Crippen molar-refractivity contribution in [3.8, 4) is 0 Å². The lowest BCUT2D eigenvalue weighted by Crippen LogP contribution is -2.42. The molecule has 1 N–H and O–H groups in total. The van der Waals surface area contributed by atoms with Gasteiger partial charge in [-0.25, -0.2) is 0 Å². The van der Waals surface area contributed by atoms with Crippen molar-refractivity contribution in [3.63, 3.8) is 0 Å². The van der Waals surface area contributed by atoms with Crippen molar-refractivity contribution in [2.24, 2.45) is 12.5 Å². The van der Waals surface area contributed by atoms with Gasteiger partial charge in [0.25, 0.3) is 0 Å². The second kappa shape index (κ2) is 6.62. The number of nitrogens with one attached hydrogen (secondary N) is 1. The highest BCUT2D eigenvalue weighted by Gasteiger charge is 2.24. The van der Waals surface area contributed by atoms with Crippen LogP contribution in [-0.4, -0.2) is 28.1 Å². The number of rotatable bonds is 6. The highest BCUT2D eigenvalue weighted by Crippen LogP contribution is 2.26. The Balaban J connectivity index is 2.59. The second-order valence-corrected chi connectivity index (χ2v) is 6.97. The van der Waals surface area contributed by atoms with Gasteiger partial charge in [-0.3, -0.25) is 4.68 Å². The summed E-state index contributed by atoms with van der Waals surface area (Å²) in [5, 5.41) is 9.29. The fraction of sp³-hybridized carbons (Fsp3) is 0.786. The summed E-state index contributed by atoms with van der Waals surface area (Å²) < 4.78 is 1.97. The standard InChI is InChI=1S/C14H27N3S/c1-7-8-15-12(14(3,4)5)10-18-13-9-11(2)16-17(13)6/h9,12,15H,7-8,10H2,1-6H3. The van der Waals surface area contributed by atoms with E-state index in [2.05, 4.69) is 44.2 Å². The van der Waals surface area contributed by atoms with Crippen molar-refractivity contribution < 1.29 is 0 Å². The molecular formula is C14H27N3S. The molecule has 0 saturated heterocycles. The molecule has 0 aliphatic heterocycles. The molecule has 4 heteroatoms. The van der Waals surface area contributed by atoms with Crippen LogP contribution in [0.15, 0.2) is 11.1 Å². The van der Waals surface area contributed by atoms with Crippen LogP contribution in [0.4, 0.5) is 0 Å². The van der Waals surface area contributed by atoms with Crippen molar-refractivity contribution in [3.05, 3.63) is 11.8 Å². The SMILES string of the molecule is CCCNC(CSc1cc(C)nn1C)C(C)(C)C. The minimum atomic E-state index is 0.288. The first kappa shape index (κ1) is 15.6. The van der Waals surface area contributed by atoms with Crippen molar-refractivity contribution >= 4 is 11.8 Å². The Morgan fingerprint density at radius 3 is 2.56 bits per heavy atom. The first-order valence-electron chi connectivity index (χ1n) is 6.71. The maximum atomic E-state index is 4.39. The molecule has 104 valence electrons. The van der Waals surface area contributed by atoms with Crippen LogP contribution in [0.25, 0.3) is 0 Å². The van der Waals surface area contributed by atoms with E-state index in [0.29, 0.717) is 6.04 Å². The van der Waals surface area contributed by atoms with Gasteiger partial charge in [0.05, 0.1) is 10.7 Å². The Kier molecular flexibility index (Phi) is 5.73. The molecule has 0 aromatic carbocycles. The summed E-state index contributed by atoms with van der Waals surface area (Å²) in [5.74, 6) is 1.09. The van der Waals surface area contributed by atoms with Gasteiger partial charge in [-0.15, -0.1) is 11.8 Å². The normalized spacial score (nSPS) is 13.9. The molecule has 1 unspecified atom stereocenters. The third kappa shape index (κ3) is 4.65. The molecule has 18 heavy (non-hydrogen) atoms. The van der Waals surface area contributed by atoms with Crippen molar-refractivity contribution in [2.45, 2.75) is 52.1 Å². The molecule has 1 rings (SSSR count). The monoisotopic (exact) mass is 269 g/mol. The third-order valence-corrected chi connectivity index (χ3v) is 4.22. The molecule has 0 amide bonds. The Morgan fingerprint density at radius 2 is 2.11 bits per heavy atom. The Labute approximate surface area is 116 Å². The molecule has 3 nitrogen and oxygen atoms in total. The first-order chi connectivity index (χ1) is 8.34. The quantitative estimate of drug-likeness (QED) is 0.804. The Hall–Kier alpha value is -0.480. The summed E-state index contributed by atoms with van der Waals surface area (Å²) in [5.41, 5.74) is 1.38. The Morgan fingerprint density at radius 1 is 1.44 bits per heavy atom. The zero-order valence-corrected chi connectivity index (χ0v) is 13.4. The zero-order valence-electron chi connectivity index (χ0n) is 12.6. The van der Waals surface area contributed by atoms with E-state index < -0.39 is 0 Å². The number of aromatic nitrogens is 2. The average molecular weight is 269 g/mol. The van der Waals surface area contributed by atoms with Gasteiger partial charge in [0.2, 0.25) is 0 Å². The van der Waals surface area contributed by atoms with Crippen molar-refractivity contribution in [2.75, 3.05) is 12.3 Å². The van der Waals surface area contributed by atoms with Gasteiger partial charge in [-0.1, -0.05) is 27.7 Å². The fourth-order valence-electron chi connectivity index (χ4n) is 1.82. The lowest BCUT2D eigenvalue weighted by atomic mass is 9.88. The summed E-state index contributed by atoms with van der Waals surface area (Å²) in [7, 11) is 2.01. The van der Waals surface area contributed by atoms with Crippen LogP contribution in [0.3, 0.4) is 0 Å². The molecule has 0 fully saturated rings. The van der Waals surface area contributed by atoms with E-state index in [1.54, 1.807) is 0 Å². The number of nitrogens with zero attached hydrogens (tertiary/aromatic N) is 2. The molecule has 1 heterocycles. The van der Waals surface area contributed by atoms with Crippen molar-refractivity contribution in [1.82, 2.24) is 15.1 Å². The van der Waals surface area contributed by atoms with E-state index >= 15 is 0 Å². The van der Waals surface area contributed by atoms with Crippen LogP contribution in [0.5, 0.6) is 0 Å². The van der Waals surface area contributed by atoms with Gasteiger partial charge < -0.3 is 5.32 Å². The van der Waals surface area contributed by atoms with E-state index in [9.17, 15) is 0 Å². The summed E-state index contributed by atoms with van der Waals surface area (Å²) in [6.45, 7) is 12.2. The largest absolute Gasteiger partial charge is 0.313 e. The molecule has 0 aliphatic carbocycles. The summed E-state index contributed by atoms with van der Waals surface area (Å²) >= 11 is 1.89. The third-order valence-electron chi connectivity index (χ3n) is 3.04. The van der Waals surface area contributed by atoms with Crippen LogP contribution in [0.1, 0.15) is 39.8 Å². The van der Waals surface area contributed by atoms with Crippen LogP contribution < -0.4 is 5.32 Å². The van der Waals surface area contributed by atoms with E-state index in [4.69, 9.17) is 0 Å². The number of thioether (sulfide) groups is 1. The van der Waals surface area contributed by atoms with Gasteiger partial charge in [0, 0.05) is 18.8 Å². The smallest absolute Gasteiger partial charge is 0.0939 e. The van der Waals surface area contributed by atoms with E-state index in [1.165, 1.54) is 11.4 Å². The minimum absolute atomic E-state index is 0.288. The highest BCUT2D eigenvalue weighted by molar-refractivity contribution is 7.99. The predicted molar refractivity (Wildman–Crippen MR) is 80.2 cm³/mol. The van der Waals surface area contributed by atoms with Crippen LogP contribution in [-0.2, 0) is 7.05 Å². The Bertz CT molecular complexity index is 366. The van der Waals surface area contributed by atoms with Gasteiger partial charge in [0.15, 0.2) is 0 Å². The average Bonchev–Trinajstić information content (AvgIpc) is 2.55. The minimum Gasteiger partial charge on any atom is -0.313 e.